The van der Waals surface area contributed by atoms with Gasteiger partial charge in [-0.05, 0) is 65.4 Å². The molecule has 0 unspecified atom stereocenters. The molecule has 0 heterocycles. The Bertz CT molecular complexity index is 799. The van der Waals surface area contributed by atoms with Crippen molar-refractivity contribution in [3.8, 4) is 5.75 Å². The van der Waals surface area contributed by atoms with E-state index < -0.39 is 16.6 Å². The van der Waals surface area contributed by atoms with Crippen LogP contribution in [-0.2, 0) is 4.43 Å². The molecule has 4 N–H and O–H groups in total. The van der Waals surface area contributed by atoms with Crippen LogP contribution < -0.4 is 10.3 Å². The first-order valence-electron chi connectivity index (χ1n) is 10.3. The van der Waals surface area contributed by atoms with Crippen molar-refractivity contribution in [2.24, 2.45) is 0 Å². The Kier molecular flexibility index (Phi) is 6.66. The fraction of sp³-hybridized carbons (Fsp3) is 0.545. The van der Waals surface area contributed by atoms with E-state index in [1.54, 1.807) is 18.2 Å². The Labute approximate surface area is 178 Å². The molecule has 7 heteroatoms. The molecule has 0 fully saturated rings. The molecule has 0 aromatic heterocycles. The average molecular weight is 435 g/mol. The van der Waals surface area contributed by atoms with E-state index in [1.165, 1.54) is 0 Å². The summed E-state index contributed by atoms with van der Waals surface area (Å²) in [5.41, 5.74) is 0.914. The highest BCUT2D eigenvalue weighted by atomic mass is 28.4. The predicted octanol–water partition coefficient (Wildman–Crippen LogP) is 5.58. The van der Waals surface area contributed by atoms with Gasteiger partial charge in [-0.15, -0.1) is 0 Å². The Morgan fingerprint density at radius 1 is 1.00 bits per heavy atom. The standard InChI is InChI=1S/C22H38N2O3Si2/c1-21(2,23-17-11-9-12-18(25)15-17)28(5,6)24-22(3,4)29(7,8)27-20-14-10-13-19(26)16-20/h9,11-13,15-16,23-26H,10,14H2,1-8H3. The van der Waals surface area contributed by atoms with Gasteiger partial charge in [0.1, 0.15) is 19.7 Å². The van der Waals surface area contributed by atoms with Gasteiger partial charge in [-0.1, -0.05) is 19.2 Å². The molecule has 0 saturated carbocycles. The molecule has 1 aliphatic rings. The minimum atomic E-state index is -2.19. The van der Waals surface area contributed by atoms with Gasteiger partial charge in [0.05, 0.1) is 5.76 Å². The summed E-state index contributed by atoms with van der Waals surface area (Å²) in [4.78, 5) is 4.00. The largest absolute Gasteiger partial charge is 0.545 e. The lowest BCUT2D eigenvalue weighted by Crippen LogP contribution is -2.74. The molecule has 0 aliphatic heterocycles. The van der Waals surface area contributed by atoms with Crippen LogP contribution >= 0.6 is 0 Å². The normalized spacial score (nSPS) is 16.1. The Hall–Kier alpha value is -1.71. The number of hydrogen-bond acceptors (Lipinski definition) is 5. The lowest BCUT2D eigenvalue weighted by atomic mass is 10.1. The predicted molar refractivity (Wildman–Crippen MR) is 127 cm³/mol. The van der Waals surface area contributed by atoms with E-state index in [4.69, 9.17) is 4.43 Å². The van der Waals surface area contributed by atoms with Gasteiger partial charge in [0, 0.05) is 34.6 Å². The maximum atomic E-state index is 9.82. The monoisotopic (exact) mass is 434 g/mol. The van der Waals surface area contributed by atoms with Crippen LogP contribution in [0.3, 0.4) is 0 Å². The zero-order valence-corrected chi connectivity index (χ0v) is 21.2. The van der Waals surface area contributed by atoms with Gasteiger partial charge >= 0.3 is 0 Å². The fourth-order valence-corrected chi connectivity index (χ4v) is 8.93. The molecule has 0 spiro atoms. The number of anilines is 1. The van der Waals surface area contributed by atoms with Crippen molar-refractivity contribution >= 4 is 22.2 Å². The van der Waals surface area contributed by atoms with Crippen molar-refractivity contribution in [3.63, 3.8) is 0 Å². The third kappa shape index (κ3) is 5.67. The summed E-state index contributed by atoms with van der Waals surface area (Å²) >= 11 is 0. The van der Waals surface area contributed by atoms with Crippen LogP contribution in [0.5, 0.6) is 5.75 Å². The third-order valence-electron chi connectivity index (χ3n) is 6.43. The molecular formula is C22H38N2O3Si2. The van der Waals surface area contributed by atoms with Gasteiger partial charge < -0.3 is 24.9 Å². The second-order valence-electron chi connectivity index (χ2n) is 10.1. The van der Waals surface area contributed by atoms with Gasteiger partial charge in [-0.2, -0.15) is 0 Å². The first kappa shape index (κ1) is 23.6. The van der Waals surface area contributed by atoms with Gasteiger partial charge in [-0.3, -0.25) is 0 Å². The van der Waals surface area contributed by atoms with Crippen molar-refractivity contribution in [1.29, 1.82) is 0 Å². The molecule has 1 aromatic carbocycles. The molecular weight excluding hydrogens is 396 g/mol. The number of phenols is 1. The summed E-state index contributed by atoms with van der Waals surface area (Å²) in [5, 5.41) is 22.9. The van der Waals surface area contributed by atoms with Crippen LogP contribution in [-0.4, -0.2) is 37.1 Å². The van der Waals surface area contributed by atoms with Crippen LogP contribution in [0.15, 0.2) is 47.9 Å². The Morgan fingerprint density at radius 3 is 2.24 bits per heavy atom. The van der Waals surface area contributed by atoms with Crippen LogP contribution in [0.1, 0.15) is 40.5 Å². The van der Waals surface area contributed by atoms with Gasteiger partial charge in [0.25, 0.3) is 8.32 Å². The van der Waals surface area contributed by atoms with Gasteiger partial charge in [-0.25, -0.2) is 0 Å². The van der Waals surface area contributed by atoms with E-state index in [-0.39, 0.29) is 16.1 Å². The number of hydrogen-bond donors (Lipinski definition) is 4. The van der Waals surface area contributed by atoms with Crippen molar-refractivity contribution in [2.75, 3.05) is 5.32 Å². The van der Waals surface area contributed by atoms with E-state index in [1.807, 2.05) is 18.2 Å². The molecule has 0 saturated heterocycles. The summed E-state index contributed by atoms with van der Waals surface area (Å²) in [6, 6.07) is 7.27. The van der Waals surface area contributed by atoms with Crippen LogP contribution in [0.2, 0.25) is 26.2 Å². The van der Waals surface area contributed by atoms with Crippen LogP contribution in [0.4, 0.5) is 5.69 Å². The molecule has 162 valence electrons. The number of benzene rings is 1. The minimum absolute atomic E-state index is 0.173. The zero-order valence-electron chi connectivity index (χ0n) is 19.2. The molecule has 0 amide bonds. The highest BCUT2D eigenvalue weighted by Crippen LogP contribution is 2.32. The van der Waals surface area contributed by atoms with Crippen molar-refractivity contribution < 1.29 is 14.6 Å². The second kappa shape index (κ2) is 8.20. The molecule has 1 aromatic rings. The number of rotatable bonds is 8. The number of aliphatic hydroxyl groups is 1. The lowest BCUT2D eigenvalue weighted by molar-refractivity contribution is 0.342. The first-order valence-corrected chi connectivity index (χ1v) is 16.2. The summed E-state index contributed by atoms with van der Waals surface area (Å²) in [7, 11) is -4.21. The smallest absolute Gasteiger partial charge is 0.263 e. The van der Waals surface area contributed by atoms with E-state index >= 15 is 0 Å². The van der Waals surface area contributed by atoms with Crippen molar-refractivity contribution in [1.82, 2.24) is 4.98 Å². The number of nitrogens with one attached hydrogen (secondary N) is 2. The molecule has 5 nitrogen and oxygen atoms in total. The maximum Gasteiger partial charge on any atom is 0.263 e. The maximum absolute atomic E-state index is 9.82. The summed E-state index contributed by atoms with van der Waals surface area (Å²) in [5.74, 6) is 1.44. The average Bonchev–Trinajstić information content (AvgIpc) is 2.52. The summed E-state index contributed by atoms with van der Waals surface area (Å²) in [6.45, 7) is 18.0. The fourth-order valence-electron chi connectivity index (χ4n) is 3.38. The second-order valence-corrected chi connectivity index (χ2v) is 19.3. The molecule has 1 aliphatic carbocycles. The SMILES string of the molecule is CC(C)(Nc1cccc(O)c1)[Si](C)(C)NC(C)(C)[Si](C)(C)OC1=CC(O)=CCC1. The highest BCUT2D eigenvalue weighted by Gasteiger charge is 2.50. The molecule has 29 heavy (non-hydrogen) atoms. The molecule has 0 radical (unpaired) electrons. The van der Waals surface area contributed by atoms with E-state index in [9.17, 15) is 10.2 Å². The van der Waals surface area contributed by atoms with Crippen molar-refractivity contribution in [3.05, 3.63) is 47.9 Å². The van der Waals surface area contributed by atoms with E-state index in [2.05, 4.69) is 64.2 Å². The summed E-state index contributed by atoms with van der Waals surface area (Å²) < 4.78 is 6.51. The number of aliphatic hydroxyl groups excluding tert-OH is 1. The lowest BCUT2D eigenvalue weighted by Gasteiger charge is -2.50. The third-order valence-corrected chi connectivity index (χ3v) is 15.1. The zero-order chi connectivity index (χ0) is 22.1. The van der Waals surface area contributed by atoms with Gasteiger partial charge in [0.15, 0.2) is 0 Å². The van der Waals surface area contributed by atoms with Crippen LogP contribution in [0.25, 0.3) is 0 Å². The molecule has 0 bridgehead atoms. The highest BCUT2D eigenvalue weighted by molar-refractivity contribution is 6.82. The number of allylic oxidation sites excluding steroid dienone is 3. The topological polar surface area (TPSA) is 73.8 Å². The summed E-state index contributed by atoms with van der Waals surface area (Å²) in [6.07, 6.45) is 5.24. The van der Waals surface area contributed by atoms with Gasteiger partial charge in [0.2, 0.25) is 0 Å². The van der Waals surface area contributed by atoms with Crippen LogP contribution in [0, 0.1) is 0 Å². The number of phenolic OH excluding ortho intramolecular Hbond substituents is 1. The number of aromatic hydroxyl groups is 1. The quantitative estimate of drug-likeness (QED) is 0.402. The first-order chi connectivity index (χ1) is 13.2. The molecule has 0 atom stereocenters. The van der Waals surface area contributed by atoms with E-state index in [0.29, 0.717) is 5.76 Å². The molecule has 2 rings (SSSR count). The van der Waals surface area contributed by atoms with Crippen molar-refractivity contribution in [2.45, 2.75) is 77.0 Å². The Morgan fingerprint density at radius 2 is 1.66 bits per heavy atom. The van der Waals surface area contributed by atoms with E-state index in [0.717, 1.165) is 24.3 Å². The Balaban J connectivity index is 2.17. The minimum Gasteiger partial charge on any atom is -0.545 e.